The van der Waals surface area contributed by atoms with E-state index in [1.807, 2.05) is 42.7 Å². The molecule has 0 bridgehead atoms. The summed E-state index contributed by atoms with van der Waals surface area (Å²) in [6, 6.07) is 9.93. The average Bonchev–Trinajstić information content (AvgIpc) is 2.89. The largest absolute Gasteiger partial charge is 0.313 e. The number of fused-ring (bicyclic) bond motifs is 1. The maximum atomic E-state index is 6.35. The predicted molar refractivity (Wildman–Crippen MR) is 81.3 cm³/mol. The molecule has 0 radical (unpaired) electrons. The van der Waals surface area contributed by atoms with E-state index in [1.165, 1.54) is 0 Å². The highest BCUT2D eigenvalue weighted by Crippen LogP contribution is 2.23. The topological polar surface area (TPSA) is 42.7 Å². The summed E-state index contributed by atoms with van der Waals surface area (Å²) in [5.74, 6) is 0.660. The van der Waals surface area contributed by atoms with Gasteiger partial charge in [-0.3, -0.25) is 0 Å². The van der Waals surface area contributed by atoms with Gasteiger partial charge in [0.1, 0.15) is 0 Å². The summed E-state index contributed by atoms with van der Waals surface area (Å²) in [6.45, 7) is 3.76. The van der Waals surface area contributed by atoms with Gasteiger partial charge in [0.05, 0.1) is 16.7 Å². The maximum absolute atomic E-state index is 6.35. The van der Waals surface area contributed by atoms with E-state index in [0.717, 1.165) is 29.6 Å². The lowest BCUT2D eigenvalue weighted by atomic mass is 10.2. The van der Waals surface area contributed by atoms with Crippen molar-refractivity contribution in [2.75, 3.05) is 6.54 Å². The quantitative estimate of drug-likeness (QED) is 0.801. The number of hydrogen-bond donors (Lipinski definition) is 1. The van der Waals surface area contributed by atoms with E-state index < -0.39 is 0 Å². The van der Waals surface area contributed by atoms with E-state index in [0.29, 0.717) is 10.8 Å². The molecule has 0 aliphatic heterocycles. The summed E-state index contributed by atoms with van der Waals surface area (Å²) in [7, 11) is 0. The van der Waals surface area contributed by atoms with Gasteiger partial charge in [-0.2, -0.15) is 5.10 Å². The van der Waals surface area contributed by atoms with Crippen LogP contribution < -0.4 is 5.32 Å². The van der Waals surface area contributed by atoms with E-state index in [4.69, 9.17) is 11.6 Å². The van der Waals surface area contributed by atoms with Crippen LogP contribution in [0.5, 0.6) is 0 Å². The molecule has 4 nitrogen and oxygen atoms in total. The molecule has 0 spiro atoms. The molecule has 0 saturated carbocycles. The number of nitrogens with one attached hydrogen (secondary N) is 1. The maximum Gasteiger partial charge on any atom is 0.172 e. The lowest BCUT2D eigenvalue weighted by Gasteiger charge is -2.07. The van der Waals surface area contributed by atoms with Crippen molar-refractivity contribution in [3.8, 4) is 5.82 Å². The standard InChI is InChI=1S/C15H15ClN4/c1-2-17-8-11-7-13(16)15(18-9-11)20-14-6-4-3-5-12(14)10-19-20/h3-7,9-10,17H,2,8H2,1H3. The van der Waals surface area contributed by atoms with Crippen LogP contribution in [0.1, 0.15) is 12.5 Å². The van der Waals surface area contributed by atoms with Crippen molar-refractivity contribution in [1.82, 2.24) is 20.1 Å². The lowest BCUT2D eigenvalue weighted by Crippen LogP contribution is -2.12. The molecule has 5 heteroatoms. The van der Waals surface area contributed by atoms with Crippen LogP contribution in [0.3, 0.4) is 0 Å². The average molecular weight is 287 g/mol. The van der Waals surface area contributed by atoms with Crippen LogP contribution in [-0.4, -0.2) is 21.3 Å². The van der Waals surface area contributed by atoms with Crippen molar-refractivity contribution < 1.29 is 0 Å². The van der Waals surface area contributed by atoms with Crippen LogP contribution in [-0.2, 0) is 6.54 Å². The molecule has 0 saturated heterocycles. The second kappa shape index (κ2) is 5.61. The number of rotatable bonds is 4. The van der Waals surface area contributed by atoms with E-state index in [9.17, 15) is 0 Å². The first-order chi connectivity index (χ1) is 9.79. The smallest absolute Gasteiger partial charge is 0.172 e. The first-order valence-corrected chi connectivity index (χ1v) is 6.95. The van der Waals surface area contributed by atoms with E-state index in [1.54, 1.807) is 4.68 Å². The van der Waals surface area contributed by atoms with Gasteiger partial charge < -0.3 is 5.32 Å². The fourth-order valence-corrected chi connectivity index (χ4v) is 2.40. The van der Waals surface area contributed by atoms with Crippen LogP contribution in [0, 0.1) is 0 Å². The van der Waals surface area contributed by atoms with Crippen molar-refractivity contribution in [2.45, 2.75) is 13.5 Å². The Morgan fingerprint density at radius 2 is 2.10 bits per heavy atom. The Morgan fingerprint density at radius 3 is 2.90 bits per heavy atom. The normalized spacial score (nSPS) is 11.1. The van der Waals surface area contributed by atoms with Crippen molar-refractivity contribution in [2.24, 2.45) is 0 Å². The highest BCUT2D eigenvalue weighted by atomic mass is 35.5. The number of nitrogens with zero attached hydrogens (tertiary/aromatic N) is 3. The number of aromatic nitrogens is 3. The Labute approximate surface area is 122 Å². The third-order valence-corrected chi connectivity index (χ3v) is 3.41. The molecule has 0 atom stereocenters. The zero-order valence-electron chi connectivity index (χ0n) is 11.2. The van der Waals surface area contributed by atoms with Gasteiger partial charge in [0, 0.05) is 18.1 Å². The van der Waals surface area contributed by atoms with Crippen LogP contribution in [0.4, 0.5) is 0 Å². The highest BCUT2D eigenvalue weighted by Gasteiger charge is 2.10. The Bertz CT molecular complexity index is 736. The first-order valence-electron chi connectivity index (χ1n) is 6.58. The molecule has 0 amide bonds. The Balaban J connectivity index is 2.02. The van der Waals surface area contributed by atoms with Gasteiger partial charge in [-0.1, -0.05) is 36.7 Å². The second-order valence-corrected chi connectivity index (χ2v) is 4.95. The molecule has 3 aromatic rings. The van der Waals surface area contributed by atoms with E-state index >= 15 is 0 Å². The summed E-state index contributed by atoms with van der Waals surface area (Å²) in [5.41, 5.74) is 2.07. The lowest BCUT2D eigenvalue weighted by molar-refractivity contribution is 0.723. The fourth-order valence-electron chi connectivity index (χ4n) is 2.13. The molecule has 2 heterocycles. The van der Waals surface area contributed by atoms with Gasteiger partial charge >= 0.3 is 0 Å². The molecule has 102 valence electrons. The van der Waals surface area contributed by atoms with Crippen LogP contribution in [0.2, 0.25) is 5.02 Å². The van der Waals surface area contributed by atoms with Crippen molar-refractivity contribution in [3.05, 3.63) is 53.3 Å². The minimum atomic E-state index is 0.606. The third kappa shape index (κ3) is 2.40. The summed E-state index contributed by atoms with van der Waals surface area (Å²) in [4.78, 5) is 4.45. The molecule has 3 rings (SSSR count). The molecule has 0 aliphatic carbocycles. The molecule has 1 N–H and O–H groups in total. The van der Waals surface area contributed by atoms with Gasteiger partial charge in [-0.05, 0) is 24.2 Å². The van der Waals surface area contributed by atoms with Crippen molar-refractivity contribution >= 4 is 22.5 Å². The summed E-state index contributed by atoms with van der Waals surface area (Å²) in [5, 5.41) is 9.30. The summed E-state index contributed by atoms with van der Waals surface area (Å²) in [6.07, 6.45) is 3.65. The molecule has 20 heavy (non-hydrogen) atoms. The zero-order valence-corrected chi connectivity index (χ0v) is 11.9. The third-order valence-electron chi connectivity index (χ3n) is 3.14. The van der Waals surface area contributed by atoms with Crippen LogP contribution >= 0.6 is 11.6 Å². The molecular weight excluding hydrogens is 272 g/mol. The van der Waals surface area contributed by atoms with E-state index in [2.05, 4.69) is 22.3 Å². The number of hydrogen-bond acceptors (Lipinski definition) is 3. The molecule has 1 aromatic carbocycles. The molecule has 0 fully saturated rings. The van der Waals surface area contributed by atoms with Gasteiger partial charge in [0.15, 0.2) is 5.82 Å². The van der Waals surface area contributed by atoms with Crippen molar-refractivity contribution in [1.29, 1.82) is 0 Å². The Hall–Kier alpha value is -1.91. The molecule has 2 aromatic heterocycles. The van der Waals surface area contributed by atoms with Crippen molar-refractivity contribution in [3.63, 3.8) is 0 Å². The van der Waals surface area contributed by atoms with Gasteiger partial charge in [0.2, 0.25) is 0 Å². The van der Waals surface area contributed by atoms with Crippen LogP contribution in [0.15, 0.2) is 42.7 Å². The summed E-state index contributed by atoms with van der Waals surface area (Å²) < 4.78 is 1.77. The Morgan fingerprint density at radius 1 is 1.25 bits per heavy atom. The number of pyridine rings is 1. The molecular formula is C15H15ClN4. The molecule has 0 aliphatic rings. The van der Waals surface area contributed by atoms with Gasteiger partial charge in [-0.15, -0.1) is 0 Å². The second-order valence-electron chi connectivity index (χ2n) is 4.54. The van der Waals surface area contributed by atoms with Gasteiger partial charge in [0.25, 0.3) is 0 Å². The first kappa shape index (κ1) is 13.1. The zero-order chi connectivity index (χ0) is 13.9. The number of para-hydroxylation sites is 1. The minimum absolute atomic E-state index is 0.606. The fraction of sp³-hybridized carbons (Fsp3) is 0.200. The number of benzene rings is 1. The minimum Gasteiger partial charge on any atom is -0.313 e. The number of halogens is 1. The highest BCUT2D eigenvalue weighted by molar-refractivity contribution is 6.32. The SMILES string of the molecule is CCNCc1cnc(-n2ncc3ccccc32)c(Cl)c1. The van der Waals surface area contributed by atoms with Crippen LogP contribution in [0.25, 0.3) is 16.7 Å². The summed E-state index contributed by atoms with van der Waals surface area (Å²) >= 11 is 6.35. The predicted octanol–water partition coefficient (Wildman–Crippen LogP) is 3.18. The van der Waals surface area contributed by atoms with E-state index in [-0.39, 0.29) is 0 Å². The monoisotopic (exact) mass is 286 g/mol. The van der Waals surface area contributed by atoms with Gasteiger partial charge in [-0.25, -0.2) is 9.67 Å². The molecule has 0 unspecified atom stereocenters. The Kier molecular flexibility index (Phi) is 3.67.